The molecule has 6 heteroatoms. The number of nitrogens with zero attached hydrogens (tertiary/aromatic N) is 3. The molecule has 1 aromatic carbocycles. The highest BCUT2D eigenvalue weighted by atomic mass is 35.5. The van der Waals surface area contributed by atoms with Crippen LogP contribution in [-0.4, -0.2) is 16.3 Å². The number of benzene rings is 1. The van der Waals surface area contributed by atoms with Crippen LogP contribution in [0.2, 0.25) is 5.15 Å². The van der Waals surface area contributed by atoms with Crippen LogP contribution in [0.25, 0.3) is 11.0 Å². The second-order valence-corrected chi connectivity index (χ2v) is 3.11. The van der Waals surface area contributed by atoms with Crippen molar-refractivity contribution < 1.29 is 4.79 Å². The number of aromatic nitrogens is 2. The lowest BCUT2D eigenvalue weighted by molar-refractivity contribution is 0.111. The molecule has 74 valence electrons. The molecule has 0 bridgehead atoms. The smallest absolute Gasteiger partial charge is 0.171 e. The van der Waals surface area contributed by atoms with Crippen molar-refractivity contribution in [2.24, 2.45) is 5.18 Å². The summed E-state index contributed by atoms with van der Waals surface area (Å²) < 4.78 is 0. The summed E-state index contributed by atoms with van der Waals surface area (Å²) in [6.45, 7) is 0. The number of rotatable bonds is 2. The second kappa shape index (κ2) is 3.70. The Balaban J connectivity index is 2.86. The Morgan fingerprint density at radius 1 is 1.33 bits per heavy atom. The van der Waals surface area contributed by atoms with Gasteiger partial charge in [0.15, 0.2) is 11.4 Å². The number of aldehydes is 1. The Hall–Kier alpha value is -1.88. The van der Waals surface area contributed by atoms with Gasteiger partial charge in [-0.2, -0.15) is 0 Å². The van der Waals surface area contributed by atoms with Crippen molar-refractivity contribution in [3.8, 4) is 0 Å². The van der Waals surface area contributed by atoms with Crippen LogP contribution in [-0.2, 0) is 0 Å². The summed E-state index contributed by atoms with van der Waals surface area (Å²) in [4.78, 5) is 28.8. The number of carbonyl (C=O) groups excluding carboxylic acids is 1. The van der Waals surface area contributed by atoms with Crippen LogP contribution in [0.3, 0.4) is 0 Å². The fraction of sp³-hybridized carbons (Fsp3) is 0. The van der Waals surface area contributed by atoms with E-state index in [0.717, 1.165) is 0 Å². The van der Waals surface area contributed by atoms with E-state index in [9.17, 15) is 9.70 Å². The van der Waals surface area contributed by atoms with E-state index in [1.807, 2.05) is 0 Å². The lowest BCUT2D eigenvalue weighted by Crippen LogP contribution is -1.93. The number of halogens is 1. The quantitative estimate of drug-likeness (QED) is 0.577. The highest BCUT2D eigenvalue weighted by molar-refractivity contribution is 6.31. The first-order chi connectivity index (χ1) is 7.26. The Morgan fingerprint density at radius 2 is 2.13 bits per heavy atom. The molecule has 0 amide bonds. The zero-order valence-corrected chi connectivity index (χ0v) is 8.10. The third-order valence-corrected chi connectivity index (χ3v) is 2.14. The van der Waals surface area contributed by atoms with E-state index in [0.29, 0.717) is 17.3 Å². The molecule has 2 aromatic rings. The molecular weight excluding hydrogens is 218 g/mol. The number of hydrogen-bond acceptors (Lipinski definition) is 5. The molecule has 5 nitrogen and oxygen atoms in total. The van der Waals surface area contributed by atoms with Crippen LogP contribution >= 0.6 is 11.6 Å². The van der Waals surface area contributed by atoms with Gasteiger partial charge in [-0.05, 0) is 17.3 Å². The van der Waals surface area contributed by atoms with Crippen LogP contribution in [0, 0.1) is 4.91 Å². The normalized spacial score (nSPS) is 10.2. The topological polar surface area (TPSA) is 72.3 Å². The SMILES string of the molecule is O=Cc1nc2cccc(N=O)c2nc1Cl. The van der Waals surface area contributed by atoms with E-state index in [4.69, 9.17) is 11.6 Å². The minimum Gasteiger partial charge on any atom is -0.296 e. The third kappa shape index (κ3) is 1.57. The Morgan fingerprint density at radius 3 is 2.80 bits per heavy atom. The van der Waals surface area contributed by atoms with Gasteiger partial charge in [-0.3, -0.25) is 4.79 Å². The lowest BCUT2D eigenvalue weighted by Gasteiger charge is -2.00. The highest BCUT2D eigenvalue weighted by Gasteiger charge is 2.09. The first-order valence-corrected chi connectivity index (χ1v) is 4.39. The van der Waals surface area contributed by atoms with Crippen LogP contribution in [0.15, 0.2) is 23.4 Å². The largest absolute Gasteiger partial charge is 0.296 e. The lowest BCUT2D eigenvalue weighted by atomic mass is 10.2. The van der Waals surface area contributed by atoms with Gasteiger partial charge in [0.2, 0.25) is 0 Å². The first kappa shape index (κ1) is 9.67. The van der Waals surface area contributed by atoms with Crippen LogP contribution in [0.1, 0.15) is 10.5 Å². The van der Waals surface area contributed by atoms with Crippen molar-refractivity contribution >= 4 is 34.6 Å². The molecular formula is C9H4ClN3O2. The van der Waals surface area contributed by atoms with Crippen molar-refractivity contribution in [3.63, 3.8) is 0 Å². The fourth-order valence-electron chi connectivity index (χ4n) is 1.20. The highest BCUT2D eigenvalue weighted by Crippen LogP contribution is 2.24. The molecule has 0 aliphatic heterocycles. The Kier molecular flexibility index (Phi) is 2.39. The summed E-state index contributed by atoms with van der Waals surface area (Å²) in [6.07, 6.45) is 0.510. The average Bonchev–Trinajstić information content (AvgIpc) is 2.27. The van der Waals surface area contributed by atoms with Crippen LogP contribution < -0.4 is 0 Å². The number of hydrogen-bond donors (Lipinski definition) is 0. The maximum atomic E-state index is 10.6. The van der Waals surface area contributed by atoms with Crippen molar-refractivity contribution in [2.75, 3.05) is 0 Å². The molecule has 0 fully saturated rings. The van der Waals surface area contributed by atoms with Crippen molar-refractivity contribution in [1.29, 1.82) is 0 Å². The molecule has 0 saturated carbocycles. The Bertz CT molecular complexity index is 556. The van der Waals surface area contributed by atoms with E-state index in [1.54, 1.807) is 12.1 Å². The molecule has 0 atom stereocenters. The summed E-state index contributed by atoms with van der Waals surface area (Å²) in [5.41, 5.74) is 0.910. The average molecular weight is 222 g/mol. The maximum absolute atomic E-state index is 10.6. The van der Waals surface area contributed by atoms with E-state index >= 15 is 0 Å². The summed E-state index contributed by atoms with van der Waals surface area (Å²) in [5.74, 6) is 0. The second-order valence-electron chi connectivity index (χ2n) is 2.75. The molecule has 0 spiro atoms. The van der Waals surface area contributed by atoms with E-state index < -0.39 is 0 Å². The van der Waals surface area contributed by atoms with Crippen molar-refractivity contribution in [1.82, 2.24) is 9.97 Å². The predicted molar refractivity (Wildman–Crippen MR) is 55.4 cm³/mol. The predicted octanol–water partition coefficient (Wildman–Crippen LogP) is 2.49. The molecule has 0 N–H and O–H groups in total. The van der Waals surface area contributed by atoms with Crippen LogP contribution in [0.4, 0.5) is 5.69 Å². The first-order valence-electron chi connectivity index (χ1n) is 4.01. The van der Waals surface area contributed by atoms with Gasteiger partial charge >= 0.3 is 0 Å². The molecule has 0 aliphatic carbocycles. The standard InChI is InChI=1S/C9H4ClN3O2/c10-9-7(4-14)11-5-2-1-3-6(13-15)8(5)12-9/h1-4H. The number of fused-ring (bicyclic) bond motifs is 1. The molecule has 1 aromatic heterocycles. The minimum absolute atomic E-state index is 0.0337. The fourth-order valence-corrected chi connectivity index (χ4v) is 1.38. The molecule has 2 rings (SSSR count). The van der Waals surface area contributed by atoms with Crippen LogP contribution in [0.5, 0.6) is 0 Å². The van der Waals surface area contributed by atoms with Gasteiger partial charge in [-0.1, -0.05) is 17.7 Å². The summed E-state index contributed by atoms with van der Waals surface area (Å²) in [5, 5.41) is 2.76. The van der Waals surface area contributed by atoms with Gasteiger partial charge in [-0.15, -0.1) is 4.91 Å². The summed E-state index contributed by atoms with van der Waals surface area (Å²) in [7, 11) is 0. The third-order valence-electron chi connectivity index (χ3n) is 1.87. The van der Waals surface area contributed by atoms with Gasteiger partial charge < -0.3 is 0 Å². The number of nitroso groups, excluding NO2 is 1. The zero-order valence-electron chi connectivity index (χ0n) is 7.35. The maximum Gasteiger partial charge on any atom is 0.171 e. The summed E-state index contributed by atoms with van der Waals surface area (Å²) >= 11 is 5.68. The monoisotopic (exact) mass is 221 g/mol. The van der Waals surface area contributed by atoms with Gasteiger partial charge in [0.1, 0.15) is 16.9 Å². The minimum atomic E-state index is -0.0337. The van der Waals surface area contributed by atoms with Gasteiger partial charge in [0.05, 0.1) is 5.52 Å². The van der Waals surface area contributed by atoms with Gasteiger partial charge in [0.25, 0.3) is 0 Å². The van der Waals surface area contributed by atoms with E-state index in [-0.39, 0.29) is 16.5 Å². The van der Waals surface area contributed by atoms with E-state index in [2.05, 4.69) is 15.1 Å². The van der Waals surface area contributed by atoms with Crippen molar-refractivity contribution in [2.45, 2.75) is 0 Å². The number of para-hydroxylation sites is 1. The van der Waals surface area contributed by atoms with Crippen molar-refractivity contribution in [3.05, 3.63) is 34.0 Å². The molecule has 0 unspecified atom stereocenters. The number of carbonyl (C=O) groups is 1. The molecule has 0 aliphatic rings. The molecule has 1 heterocycles. The summed E-state index contributed by atoms with van der Waals surface area (Å²) in [6, 6.07) is 4.73. The molecule has 15 heavy (non-hydrogen) atoms. The molecule has 0 saturated heterocycles. The zero-order chi connectivity index (χ0) is 10.8. The van der Waals surface area contributed by atoms with Gasteiger partial charge in [0, 0.05) is 0 Å². The van der Waals surface area contributed by atoms with Gasteiger partial charge in [-0.25, -0.2) is 9.97 Å². The van der Waals surface area contributed by atoms with E-state index in [1.165, 1.54) is 6.07 Å². The Labute approximate surface area is 89.1 Å². The molecule has 0 radical (unpaired) electrons.